The van der Waals surface area contributed by atoms with Crippen molar-refractivity contribution in [2.24, 2.45) is 0 Å². The summed E-state index contributed by atoms with van der Waals surface area (Å²) in [7, 11) is 0. The maximum Gasteiger partial charge on any atom is 0.328 e. The SMILES string of the molecule is O=C(O)/C=C/c1c(N2CC=CCC2)nc2ccccn12. The third kappa shape index (κ3) is 2.30. The number of hydrogen-bond donors (Lipinski definition) is 1. The maximum atomic E-state index is 10.8. The molecule has 2 aromatic rings. The number of nitrogens with zero attached hydrogens (tertiary/aromatic N) is 3. The second-order valence-corrected chi connectivity index (χ2v) is 4.63. The molecule has 102 valence electrons. The van der Waals surface area contributed by atoms with Gasteiger partial charge in [-0.25, -0.2) is 9.78 Å². The van der Waals surface area contributed by atoms with Crippen molar-refractivity contribution in [3.05, 3.63) is 48.3 Å². The molecule has 0 saturated carbocycles. The van der Waals surface area contributed by atoms with Gasteiger partial charge in [-0.15, -0.1) is 0 Å². The van der Waals surface area contributed by atoms with Gasteiger partial charge in [-0.05, 0) is 24.6 Å². The summed E-state index contributed by atoms with van der Waals surface area (Å²) >= 11 is 0. The van der Waals surface area contributed by atoms with Crippen molar-refractivity contribution in [3.8, 4) is 0 Å². The highest BCUT2D eigenvalue weighted by atomic mass is 16.4. The van der Waals surface area contributed by atoms with E-state index in [-0.39, 0.29) is 0 Å². The van der Waals surface area contributed by atoms with Crippen LogP contribution in [0.15, 0.2) is 42.6 Å². The lowest BCUT2D eigenvalue weighted by Gasteiger charge is -2.23. The number of pyridine rings is 1. The lowest BCUT2D eigenvalue weighted by Crippen LogP contribution is -2.27. The predicted octanol–water partition coefficient (Wildman–Crippen LogP) is 2.20. The first-order chi connectivity index (χ1) is 9.75. The third-order valence-corrected chi connectivity index (χ3v) is 3.29. The normalized spacial score (nSPS) is 15.3. The van der Waals surface area contributed by atoms with E-state index in [2.05, 4.69) is 22.0 Å². The highest BCUT2D eigenvalue weighted by Crippen LogP contribution is 2.24. The fraction of sp³-hybridized carbons (Fsp3) is 0.200. The molecule has 0 amide bonds. The van der Waals surface area contributed by atoms with Crippen molar-refractivity contribution >= 4 is 23.5 Å². The standard InChI is InChI=1S/C15H15N3O2/c19-14(20)8-7-12-15(17-9-3-1-4-10-17)16-13-6-2-5-11-18(12)13/h1-3,5-8,11H,4,9-10H2,(H,19,20)/b8-7+. The molecule has 2 aromatic heterocycles. The molecule has 3 heterocycles. The van der Waals surface area contributed by atoms with Crippen LogP contribution in [0.25, 0.3) is 11.7 Å². The number of carbonyl (C=O) groups is 1. The van der Waals surface area contributed by atoms with Crippen molar-refractivity contribution in [3.63, 3.8) is 0 Å². The zero-order valence-corrected chi connectivity index (χ0v) is 10.9. The number of fused-ring (bicyclic) bond motifs is 1. The molecule has 1 N–H and O–H groups in total. The summed E-state index contributed by atoms with van der Waals surface area (Å²) < 4.78 is 1.91. The molecule has 0 bridgehead atoms. The largest absolute Gasteiger partial charge is 0.478 e. The molecule has 0 unspecified atom stereocenters. The van der Waals surface area contributed by atoms with Gasteiger partial charge in [-0.1, -0.05) is 18.2 Å². The van der Waals surface area contributed by atoms with E-state index in [1.165, 1.54) is 0 Å². The zero-order valence-electron chi connectivity index (χ0n) is 10.9. The van der Waals surface area contributed by atoms with Gasteiger partial charge in [0, 0.05) is 25.4 Å². The fourth-order valence-corrected chi connectivity index (χ4v) is 2.37. The number of carboxylic acids is 1. The van der Waals surface area contributed by atoms with Gasteiger partial charge < -0.3 is 10.0 Å². The number of hydrogen-bond acceptors (Lipinski definition) is 3. The van der Waals surface area contributed by atoms with Crippen LogP contribution >= 0.6 is 0 Å². The Morgan fingerprint density at radius 3 is 3.00 bits per heavy atom. The van der Waals surface area contributed by atoms with Crippen molar-refractivity contribution in [1.29, 1.82) is 0 Å². The summed E-state index contributed by atoms with van der Waals surface area (Å²) in [5, 5.41) is 8.84. The van der Waals surface area contributed by atoms with Gasteiger partial charge in [0.2, 0.25) is 0 Å². The number of anilines is 1. The van der Waals surface area contributed by atoms with Crippen LogP contribution in [0.4, 0.5) is 5.82 Å². The third-order valence-electron chi connectivity index (χ3n) is 3.29. The molecule has 0 aromatic carbocycles. The van der Waals surface area contributed by atoms with Crippen LogP contribution in [-0.4, -0.2) is 33.6 Å². The number of rotatable bonds is 3. The number of aromatic nitrogens is 2. The monoisotopic (exact) mass is 269 g/mol. The molecule has 5 heteroatoms. The van der Waals surface area contributed by atoms with E-state index < -0.39 is 5.97 Å². The van der Waals surface area contributed by atoms with Gasteiger partial charge in [0.25, 0.3) is 0 Å². The van der Waals surface area contributed by atoms with Gasteiger partial charge >= 0.3 is 5.97 Å². The summed E-state index contributed by atoms with van der Waals surface area (Å²) in [5.74, 6) is -0.126. The molecular weight excluding hydrogens is 254 g/mol. The summed E-state index contributed by atoms with van der Waals surface area (Å²) in [5.41, 5.74) is 1.63. The molecule has 1 aliphatic heterocycles. The Bertz CT molecular complexity index is 700. The Hall–Kier alpha value is -2.56. The molecule has 0 fully saturated rings. The van der Waals surface area contributed by atoms with Crippen molar-refractivity contribution < 1.29 is 9.90 Å². The van der Waals surface area contributed by atoms with E-state index in [1.54, 1.807) is 6.08 Å². The van der Waals surface area contributed by atoms with Crippen molar-refractivity contribution in [2.75, 3.05) is 18.0 Å². The Kier molecular flexibility index (Phi) is 3.25. The number of imidazole rings is 1. The average molecular weight is 269 g/mol. The van der Waals surface area contributed by atoms with E-state index in [0.717, 1.165) is 42.7 Å². The summed E-state index contributed by atoms with van der Waals surface area (Å²) in [6, 6.07) is 5.75. The van der Waals surface area contributed by atoms with E-state index >= 15 is 0 Å². The summed E-state index contributed by atoms with van der Waals surface area (Å²) in [4.78, 5) is 17.6. The van der Waals surface area contributed by atoms with E-state index in [1.807, 2.05) is 28.8 Å². The quantitative estimate of drug-likeness (QED) is 0.685. The zero-order chi connectivity index (χ0) is 13.9. The molecule has 1 aliphatic rings. The van der Waals surface area contributed by atoms with Crippen LogP contribution in [0.5, 0.6) is 0 Å². The molecular formula is C15H15N3O2. The van der Waals surface area contributed by atoms with Crippen LogP contribution in [0, 0.1) is 0 Å². The fourth-order valence-electron chi connectivity index (χ4n) is 2.37. The van der Waals surface area contributed by atoms with Crippen molar-refractivity contribution in [2.45, 2.75) is 6.42 Å². The molecule has 3 rings (SSSR count). The first kappa shape index (κ1) is 12.5. The molecule has 5 nitrogen and oxygen atoms in total. The van der Waals surface area contributed by atoms with Gasteiger partial charge in [-0.3, -0.25) is 4.40 Å². The second-order valence-electron chi connectivity index (χ2n) is 4.63. The predicted molar refractivity (Wildman–Crippen MR) is 77.8 cm³/mol. The Morgan fingerprint density at radius 2 is 2.25 bits per heavy atom. The lowest BCUT2D eigenvalue weighted by molar-refractivity contribution is -0.131. The van der Waals surface area contributed by atoms with Crippen LogP contribution in [0.3, 0.4) is 0 Å². The molecule has 0 radical (unpaired) electrons. The van der Waals surface area contributed by atoms with E-state index in [0.29, 0.717) is 0 Å². The Labute approximate surface area is 116 Å². The highest BCUT2D eigenvalue weighted by molar-refractivity contribution is 5.86. The van der Waals surface area contributed by atoms with Crippen LogP contribution in [-0.2, 0) is 4.79 Å². The number of carboxylic acid groups (broad SMARTS) is 1. The van der Waals surface area contributed by atoms with Gasteiger partial charge in [0.05, 0.1) is 5.69 Å². The average Bonchev–Trinajstić information content (AvgIpc) is 2.84. The first-order valence-electron chi connectivity index (χ1n) is 6.54. The van der Waals surface area contributed by atoms with Crippen LogP contribution in [0.1, 0.15) is 12.1 Å². The molecule has 0 atom stereocenters. The van der Waals surface area contributed by atoms with Gasteiger partial charge in [-0.2, -0.15) is 0 Å². The number of aliphatic carboxylic acids is 1. The second kappa shape index (κ2) is 5.21. The maximum absolute atomic E-state index is 10.8. The topological polar surface area (TPSA) is 57.8 Å². The summed E-state index contributed by atoms with van der Waals surface area (Å²) in [6.07, 6.45) is 9.90. The van der Waals surface area contributed by atoms with Crippen LogP contribution < -0.4 is 4.90 Å². The smallest absolute Gasteiger partial charge is 0.328 e. The van der Waals surface area contributed by atoms with Crippen molar-refractivity contribution in [1.82, 2.24) is 9.38 Å². The molecule has 0 aliphatic carbocycles. The molecule has 0 spiro atoms. The first-order valence-corrected chi connectivity index (χ1v) is 6.54. The van der Waals surface area contributed by atoms with E-state index in [4.69, 9.17) is 5.11 Å². The van der Waals surface area contributed by atoms with E-state index in [9.17, 15) is 4.79 Å². The molecule has 20 heavy (non-hydrogen) atoms. The lowest BCUT2D eigenvalue weighted by atomic mass is 10.2. The minimum atomic E-state index is -0.958. The van der Waals surface area contributed by atoms with Crippen LogP contribution in [0.2, 0.25) is 0 Å². The minimum absolute atomic E-state index is 0.803. The Morgan fingerprint density at radius 1 is 1.35 bits per heavy atom. The Balaban J connectivity index is 2.11. The highest BCUT2D eigenvalue weighted by Gasteiger charge is 2.16. The molecule has 0 saturated heterocycles. The van der Waals surface area contributed by atoms with Gasteiger partial charge in [0.1, 0.15) is 5.65 Å². The minimum Gasteiger partial charge on any atom is -0.478 e. The summed E-state index contributed by atoms with van der Waals surface area (Å²) in [6.45, 7) is 1.70. The van der Waals surface area contributed by atoms with Gasteiger partial charge in [0.15, 0.2) is 5.82 Å².